The van der Waals surface area contributed by atoms with Gasteiger partial charge in [-0.2, -0.15) is 0 Å². The number of benzene rings is 1. The molecule has 6 nitrogen and oxygen atoms in total. The first-order valence-electron chi connectivity index (χ1n) is 9.24. The zero-order valence-electron chi connectivity index (χ0n) is 15.1. The maximum absolute atomic E-state index is 12.6. The topological polar surface area (TPSA) is 62.5 Å². The van der Waals surface area contributed by atoms with Gasteiger partial charge in [0.25, 0.3) is 0 Å². The molecule has 3 heterocycles. The zero-order chi connectivity index (χ0) is 18.5. The van der Waals surface area contributed by atoms with E-state index >= 15 is 0 Å². The van der Waals surface area contributed by atoms with Crippen LogP contribution in [0.1, 0.15) is 12.0 Å². The van der Waals surface area contributed by atoms with Crippen molar-refractivity contribution in [3.8, 4) is 11.3 Å². The molecule has 0 atom stereocenters. The third-order valence-corrected chi connectivity index (χ3v) is 4.90. The van der Waals surface area contributed by atoms with Gasteiger partial charge in [-0.1, -0.05) is 41.6 Å². The number of amides is 1. The molecule has 1 fully saturated rings. The smallest absolute Gasteiger partial charge is 0.223 e. The molecule has 0 saturated carbocycles. The molecule has 2 aromatic heterocycles. The molecule has 0 bridgehead atoms. The van der Waals surface area contributed by atoms with Crippen LogP contribution in [0.25, 0.3) is 11.3 Å². The number of aromatic nitrogens is 2. The van der Waals surface area contributed by atoms with Gasteiger partial charge in [0.15, 0.2) is 0 Å². The molecule has 1 aliphatic heterocycles. The van der Waals surface area contributed by atoms with Gasteiger partial charge >= 0.3 is 0 Å². The van der Waals surface area contributed by atoms with Crippen LogP contribution in [-0.2, 0) is 11.2 Å². The van der Waals surface area contributed by atoms with Crippen molar-refractivity contribution >= 4 is 11.7 Å². The van der Waals surface area contributed by atoms with E-state index in [-0.39, 0.29) is 5.91 Å². The van der Waals surface area contributed by atoms with Gasteiger partial charge < -0.3 is 14.3 Å². The van der Waals surface area contributed by atoms with Gasteiger partial charge in [0.05, 0.1) is 0 Å². The zero-order valence-corrected chi connectivity index (χ0v) is 15.1. The molecule has 138 valence electrons. The van der Waals surface area contributed by atoms with Gasteiger partial charge in [-0.3, -0.25) is 4.79 Å². The summed E-state index contributed by atoms with van der Waals surface area (Å²) in [5.74, 6) is 1.15. The third-order valence-electron chi connectivity index (χ3n) is 4.90. The molecular weight excluding hydrogens is 340 g/mol. The van der Waals surface area contributed by atoms with Crippen molar-refractivity contribution in [2.45, 2.75) is 12.8 Å². The van der Waals surface area contributed by atoms with Crippen molar-refractivity contribution in [1.29, 1.82) is 0 Å². The standard InChI is InChI=1S/C21H22N4O2/c26-20(25-14-12-24(13-15-25)19-8-4-5-11-22-19)10-9-18-16-27-23-21(18)17-6-2-1-3-7-17/h1-8,11,16H,9-10,12-15H2. The van der Waals surface area contributed by atoms with Crippen molar-refractivity contribution in [3.63, 3.8) is 0 Å². The number of piperazine rings is 1. The molecule has 0 spiro atoms. The van der Waals surface area contributed by atoms with Crippen LogP contribution >= 0.6 is 0 Å². The Morgan fingerprint density at radius 3 is 2.52 bits per heavy atom. The summed E-state index contributed by atoms with van der Waals surface area (Å²) in [6.07, 6.45) is 4.54. The monoisotopic (exact) mass is 362 g/mol. The molecule has 0 aliphatic carbocycles. The molecule has 27 heavy (non-hydrogen) atoms. The number of carbonyl (C=O) groups is 1. The van der Waals surface area contributed by atoms with Crippen LogP contribution in [0.4, 0.5) is 5.82 Å². The summed E-state index contributed by atoms with van der Waals surface area (Å²) in [6.45, 7) is 3.08. The maximum atomic E-state index is 12.6. The largest absolute Gasteiger partial charge is 0.364 e. The number of hydrogen-bond donors (Lipinski definition) is 0. The van der Waals surface area contributed by atoms with Gasteiger partial charge in [-0.25, -0.2) is 4.98 Å². The van der Waals surface area contributed by atoms with E-state index in [0.717, 1.165) is 48.8 Å². The lowest BCUT2D eigenvalue weighted by Gasteiger charge is -2.35. The summed E-state index contributed by atoms with van der Waals surface area (Å²) < 4.78 is 5.15. The molecule has 0 unspecified atom stereocenters. The SMILES string of the molecule is O=C(CCc1conc1-c1ccccc1)N1CCN(c2ccccn2)CC1. The van der Waals surface area contributed by atoms with E-state index < -0.39 is 0 Å². The summed E-state index contributed by atoms with van der Waals surface area (Å²) in [7, 11) is 0. The maximum Gasteiger partial charge on any atom is 0.223 e. The van der Waals surface area contributed by atoms with E-state index in [2.05, 4.69) is 15.0 Å². The molecular formula is C21H22N4O2. The second-order valence-corrected chi connectivity index (χ2v) is 6.61. The van der Waals surface area contributed by atoms with Crippen molar-refractivity contribution in [3.05, 3.63) is 66.6 Å². The number of pyridine rings is 1. The van der Waals surface area contributed by atoms with Gasteiger partial charge in [0.1, 0.15) is 17.8 Å². The van der Waals surface area contributed by atoms with E-state index in [0.29, 0.717) is 12.8 Å². The predicted molar refractivity (Wildman–Crippen MR) is 103 cm³/mol. The fraction of sp³-hybridized carbons (Fsp3) is 0.286. The molecule has 6 heteroatoms. The van der Waals surface area contributed by atoms with Crippen LogP contribution in [0.3, 0.4) is 0 Å². The van der Waals surface area contributed by atoms with Crippen LogP contribution in [0.2, 0.25) is 0 Å². The Hall–Kier alpha value is -3.15. The Bertz CT molecular complexity index is 871. The number of rotatable bonds is 5. The highest BCUT2D eigenvalue weighted by Crippen LogP contribution is 2.23. The minimum absolute atomic E-state index is 0.177. The Kier molecular flexibility index (Phi) is 5.14. The average Bonchev–Trinajstić information content (AvgIpc) is 3.22. The van der Waals surface area contributed by atoms with Crippen molar-refractivity contribution in [2.75, 3.05) is 31.1 Å². The summed E-state index contributed by atoms with van der Waals surface area (Å²) >= 11 is 0. The van der Waals surface area contributed by atoms with Crippen molar-refractivity contribution in [1.82, 2.24) is 15.0 Å². The molecule has 3 aromatic rings. The number of anilines is 1. The first-order valence-corrected chi connectivity index (χ1v) is 9.24. The lowest BCUT2D eigenvalue weighted by molar-refractivity contribution is -0.131. The predicted octanol–water partition coefficient (Wildman–Crippen LogP) is 3.02. The van der Waals surface area contributed by atoms with E-state index in [1.807, 2.05) is 53.4 Å². The third kappa shape index (κ3) is 4.00. The first-order chi connectivity index (χ1) is 13.3. The normalized spacial score (nSPS) is 14.4. The molecule has 1 amide bonds. The highest BCUT2D eigenvalue weighted by Gasteiger charge is 2.22. The molecule has 0 radical (unpaired) electrons. The highest BCUT2D eigenvalue weighted by molar-refractivity contribution is 5.77. The summed E-state index contributed by atoms with van der Waals surface area (Å²) in [4.78, 5) is 21.2. The quantitative estimate of drug-likeness (QED) is 0.698. The van der Waals surface area contributed by atoms with E-state index in [1.165, 1.54) is 0 Å². The van der Waals surface area contributed by atoms with Crippen LogP contribution in [0.5, 0.6) is 0 Å². The fourth-order valence-electron chi connectivity index (χ4n) is 3.39. The Morgan fingerprint density at radius 1 is 1.00 bits per heavy atom. The van der Waals surface area contributed by atoms with Gasteiger partial charge in [-0.05, 0) is 18.6 Å². The average molecular weight is 362 g/mol. The summed E-state index contributed by atoms with van der Waals surface area (Å²) in [5.41, 5.74) is 2.81. The molecule has 1 aliphatic rings. The van der Waals surface area contributed by atoms with Crippen LogP contribution in [-0.4, -0.2) is 47.1 Å². The number of aryl methyl sites for hydroxylation is 1. The van der Waals surface area contributed by atoms with Crippen molar-refractivity contribution in [2.24, 2.45) is 0 Å². The van der Waals surface area contributed by atoms with Crippen LogP contribution < -0.4 is 4.90 Å². The van der Waals surface area contributed by atoms with E-state index in [1.54, 1.807) is 12.5 Å². The lowest BCUT2D eigenvalue weighted by atomic mass is 10.0. The fourth-order valence-corrected chi connectivity index (χ4v) is 3.39. The van der Waals surface area contributed by atoms with Gasteiger partial charge in [-0.15, -0.1) is 0 Å². The number of hydrogen-bond acceptors (Lipinski definition) is 5. The Labute approximate surface area is 158 Å². The van der Waals surface area contributed by atoms with Crippen molar-refractivity contribution < 1.29 is 9.32 Å². The van der Waals surface area contributed by atoms with Crippen LogP contribution in [0, 0.1) is 0 Å². The number of nitrogens with zero attached hydrogens (tertiary/aromatic N) is 4. The van der Waals surface area contributed by atoms with E-state index in [9.17, 15) is 4.79 Å². The summed E-state index contributed by atoms with van der Waals surface area (Å²) in [5, 5.41) is 4.11. The minimum atomic E-state index is 0.177. The highest BCUT2D eigenvalue weighted by atomic mass is 16.5. The summed E-state index contributed by atoms with van der Waals surface area (Å²) in [6, 6.07) is 15.8. The first kappa shape index (κ1) is 17.3. The number of carbonyl (C=O) groups excluding carboxylic acids is 1. The van der Waals surface area contributed by atoms with Crippen LogP contribution in [0.15, 0.2) is 65.5 Å². The second kappa shape index (κ2) is 8.03. The Morgan fingerprint density at radius 2 is 1.78 bits per heavy atom. The van der Waals surface area contributed by atoms with Gasteiger partial charge in [0.2, 0.25) is 5.91 Å². The lowest BCUT2D eigenvalue weighted by Crippen LogP contribution is -2.49. The molecule has 0 N–H and O–H groups in total. The molecule has 4 rings (SSSR count). The second-order valence-electron chi connectivity index (χ2n) is 6.61. The molecule has 1 aromatic carbocycles. The Balaban J connectivity index is 1.32. The van der Waals surface area contributed by atoms with Gasteiger partial charge in [0, 0.05) is 49.9 Å². The molecule has 1 saturated heterocycles. The van der Waals surface area contributed by atoms with E-state index in [4.69, 9.17) is 4.52 Å². The minimum Gasteiger partial charge on any atom is -0.364 e.